The highest BCUT2D eigenvalue weighted by Crippen LogP contribution is 2.51. The molecule has 0 N–H and O–H groups in total. The minimum Gasteiger partial charge on any atom is -0.192 e. The molecule has 0 unspecified atom stereocenters. The van der Waals surface area contributed by atoms with E-state index in [1.807, 2.05) is 48.6 Å². The first-order valence-electron chi connectivity index (χ1n) is 9.70. The summed E-state index contributed by atoms with van der Waals surface area (Å²) < 4.78 is 0. The molecule has 1 aromatic carbocycles. The third-order valence-electron chi connectivity index (χ3n) is 5.46. The van der Waals surface area contributed by atoms with Crippen molar-refractivity contribution in [2.45, 2.75) is 41.5 Å². The van der Waals surface area contributed by atoms with E-state index in [4.69, 9.17) is 0 Å². The molecular weight excluding hydrogens is 368 g/mol. The van der Waals surface area contributed by atoms with Gasteiger partial charge in [-0.15, -0.1) is 0 Å². The number of rotatable bonds is 0. The molecule has 0 radical (unpaired) electrons. The van der Waals surface area contributed by atoms with Crippen molar-refractivity contribution in [1.29, 1.82) is 21.0 Å². The van der Waals surface area contributed by atoms with Crippen molar-refractivity contribution in [3.8, 4) is 24.3 Å². The number of allylic oxidation sites excluding steroid dienone is 6. The lowest BCUT2D eigenvalue weighted by Crippen LogP contribution is -2.09. The van der Waals surface area contributed by atoms with E-state index < -0.39 is 0 Å². The van der Waals surface area contributed by atoms with Gasteiger partial charge >= 0.3 is 0 Å². The Kier molecular flexibility index (Phi) is 4.79. The van der Waals surface area contributed by atoms with Crippen LogP contribution in [0.25, 0.3) is 23.3 Å². The molecule has 3 rings (SSSR count). The molecule has 0 bridgehead atoms. The van der Waals surface area contributed by atoms with E-state index in [9.17, 15) is 21.0 Å². The second-order valence-electron chi connectivity index (χ2n) is 9.59. The van der Waals surface area contributed by atoms with Crippen LogP contribution in [0.4, 0.5) is 0 Å². The molecule has 0 aliphatic heterocycles. The molecule has 1 aromatic rings. The summed E-state index contributed by atoms with van der Waals surface area (Å²) in [4.78, 5) is 0. The average Bonchev–Trinajstić information content (AvgIpc) is 3.21. The van der Waals surface area contributed by atoms with Gasteiger partial charge in [-0.25, -0.2) is 0 Å². The topological polar surface area (TPSA) is 95.2 Å². The summed E-state index contributed by atoms with van der Waals surface area (Å²) in [7, 11) is 0. The Hall–Kier alpha value is -3.86. The first kappa shape index (κ1) is 20.9. The van der Waals surface area contributed by atoms with E-state index in [-0.39, 0.29) is 22.0 Å². The SMILES string of the molecule is CC(C)(C)C1=Cc2cc3c(cc2C1=C(C#N)C#N)C=C(C(C)(C)C)C3=C(C#N)C#N. The lowest BCUT2D eigenvalue weighted by atomic mass is 9.80. The highest BCUT2D eigenvalue weighted by atomic mass is 14.4. The molecule has 0 fully saturated rings. The first-order chi connectivity index (χ1) is 14.0. The van der Waals surface area contributed by atoms with Gasteiger partial charge < -0.3 is 0 Å². The average molecular weight is 390 g/mol. The van der Waals surface area contributed by atoms with Crippen LogP contribution < -0.4 is 0 Å². The van der Waals surface area contributed by atoms with E-state index in [2.05, 4.69) is 41.5 Å². The Balaban J connectivity index is 2.41. The Morgan fingerprint density at radius 1 is 0.600 bits per heavy atom. The second-order valence-corrected chi connectivity index (χ2v) is 9.59. The van der Waals surface area contributed by atoms with Crippen LogP contribution in [0.1, 0.15) is 63.8 Å². The Morgan fingerprint density at radius 3 is 1.13 bits per heavy atom. The van der Waals surface area contributed by atoms with Gasteiger partial charge in [-0.2, -0.15) is 21.0 Å². The number of fused-ring (bicyclic) bond motifs is 2. The Labute approximate surface area is 178 Å². The lowest BCUT2D eigenvalue weighted by molar-refractivity contribution is 0.525. The number of hydrogen-bond donors (Lipinski definition) is 0. The van der Waals surface area contributed by atoms with Crippen molar-refractivity contribution in [1.82, 2.24) is 0 Å². The normalized spacial score (nSPS) is 14.5. The summed E-state index contributed by atoms with van der Waals surface area (Å²) >= 11 is 0. The minimum atomic E-state index is -0.257. The minimum absolute atomic E-state index is 0.0957. The standard InChI is InChI=1S/C26H22N4/c1-25(2,3)21-9-15-7-20-16(8-19(15)23(21)17(11-27)12-28)10-22(26(4,5)6)24(20)18(13-29)14-30/h7-10H,1-6H3. The van der Waals surface area contributed by atoms with Crippen molar-refractivity contribution in [2.75, 3.05) is 0 Å². The van der Waals surface area contributed by atoms with E-state index in [1.54, 1.807) is 0 Å². The molecule has 4 heteroatoms. The smallest absolute Gasteiger partial charge is 0.137 e. The van der Waals surface area contributed by atoms with Crippen LogP contribution in [0, 0.1) is 56.2 Å². The number of nitriles is 4. The summed E-state index contributed by atoms with van der Waals surface area (Å²) in [5, 5.41) is 38.3. The zero-order valence-corrected chi connectivity index (χ0v) is 18.1. The monoisotopic (exact) mass is 390 g/mol. The predicted molar refractivity (Wildman–Crippen MR) is 118 cm³/mol. The zero-order chi connectivity index (χ0) is 22.4. The molecular formula is C26H22N4. The molecule has 30 heavy (non-hydrogen) atoms. The Bertz CT molecular complexity index is 1140. The third-order valence-corrected chi connectivity index (χ3v) is 5.46. The van der Waals surface area contributed by atoms with Crippen molar-refractivity contribution < 1.29 is 0 Å². The summed E-state index contributed by atoms with van der Waals surface area (Å²) in [5.74, 6) is 0. The summed E-state index contributed by atoms with van der Waals surface area (Å²) in [6.45, 7) is 12.3. The van der Waals surface area contributed by atoms with Crippen LogP contribution >= 0.6 is 0 Å². The number of nitrogens with zero attached hydrogens (tertiary/aromatic N) is 4. The van der Waals surface area contributed by atoms with Crippen molar-refractivity contribution >= 4 is 23.3 Å². The molecule has 0 heterocycles. The first-order valence-corrected chi connectivity index (χ1v) is 9.70. The van der Waals surface area contributed by atoms with Crippen molar-refractivity contribution in [3.63, 3.8) is 0 Å². The molecule has 0 saturated carbocycles. The lowest BCUT2D eigenvalue weighted by Gasteiger charge is -2.22. The maximum atomic E-state index is 9.57. The second kappa shape index (κ2) is 6.88. The summed E-state index contributed by atoms with van der Waals surface area (Å²) in [5.41, 5.74) is 6.38. The van der Waals surface area contributed by atoms with Gasteiger partial charge in [0.25, 0.3) is 0 Å². The molecule has 2 aliphatic carbocycles. The van der Waals surface area contributed by atoms with E-state index >= 15 is 0 Å². The maximum absolute atomic E-state index is 9.57. The predicted octanol–water partition coefficient (Wildman–Crippen LogP) is 6.17. The summed E-state index contributed by atoms with van der Waals surface area (Å²) in [6.07, 6.45) is 4.04. The number of hydrogen-bond acceptors (Lipinski definition) is 4. The van der Waals surface area contributed by atoms with Gasteiger partial charge in [0.15, 0.2) is 0 Å². The van der Waals surface area contributed by atoms with Gasteiger partial charge in [0.2, 0.25) is 0 Å². The van der Waals surface area contributed by atoms with E-state index in [1.165, 1.54) is 0 Å². The summed E-state index contributed by atoms with van der Waals surface area (Å²) in [6, 6.07) is 12.2. The van der Waals surface area contributed by atoms with Gasteiger partial charge in [0.05, 0.1) is 0 Å². The van der Waals surface area contributed by atoms with E-state index in [0.717, 1.165) is 33.4 Å². The molecule has 146 valence electrons. The van der Waals surface area contributed by atoms with Crippen LogP contribution in [-0.2, 0) is 0 Å². The van der Waals surface area contributed by atoms with Gasteiger partial charge in [-0.05, 0) is 68.5 Å². The van der Waals surface area contributed by atoms with Crippen molar-refractivity contribution in [3.05, 3.63) is 56.7 Å². The molecule has 0 amide bonds. The van der Waals surface area contributed by atoms with Crippen LogP contribution in [0.3, 0.4) is 0 Å². The molecule has 2 aliphatic rings. The number of benzene rings is 1. The van der Waals surface area contributed by atoms with Crippen LogP contribution in [0.2, 0.25) is 0 Å². The van der Waals surface area contributed by atoms with Gasteiger partial charge in [0, 0.05) is 11.1 Å². The molecule has 0 saturated heterocycles. The van der Waals surface area contributed by atoms with Crippen molar-refractivity contribution in [2.24, 2.45) is 10.8 Å². The maximum Gasteiger partial charge on any atom is 0.137 e. The molecule has 4 nitrogen and oxygen atoms in total. The fraction of sp³-hybridized carbons (Fsp3) is 0.308. The molecule has 0 spiro atoms. The third kappa shape index (κ3) is 3.14. The van der Waals surface area contributed by atoms with Gasteiger partial charge in [0.1, 0.15) is 35.4 Å². The Morgan fingerprint density at radius 2 is 0.900 bits per heavy atom. The fourth-order valence-corrected chi connectivity index (χ4v) is 4.05. The fourth-order valence-electron chi connectivity index (χ4n) is 4.05. The quantitative estimate of drug-likeness (QED) is 0.495. The van der Waals surface area contributed by atoms with Crippen LogP contribution in [0.5, 0.6) is 0 Å². The molecule has 0 aromatic heterocycles. The largest absolute Gasteiger partial charge is 0.192 e. The van der Waals surface area contributed by atoms with Crippen LogP contribution in [0.15, 0.2) is 34.4 Å². The van der Waals surface area contributed by atoms with Gasteiger partial charge in [-0.1, -0.05) is 41.5 Å². The highest BCUT2D eigenvalue weighted by molar-refractivity contribution is 6.05. The van der Waals surface area contributed by atoms with Crippen LogP contribution in [-0.4, -0.2) is 0 Å². The highest BCUT2D eigenvalue weighted by Gasteiger charge is 2.35. The van der Waals surface area contributed by atoms with Gasteiger partial charge in [-0.3, -0.25) is 0 Å². The zero-order valence-electron chi connectivity index (χ0n) is 18.1. The molecule has 0 atom stereocenters. The van der Waals surface area contributed by atoms with E-state index in [0.29, 0.717) is 11.1 Å².